The van der Waals surface area contributed by atoms with Crippen molar-refractivity contribution in [3.05, 3.63) is 31.6 Å². The van der Waals surface area contributed by atoms with Gasteiger partial charge in [-0.05, 0) is 25.2 Å². The number of hydrogen-bond acceptors (Lipinski definition) is 2. The number of nitrogens with zero attached hydrogens (tertiary/aromatic N) is 1. The summed E-state index contributed by atoms with van der Waals surface area (Å²) >= 11 is 5.97. The molecule has 0 amide bonds. The Morgan fingerprint density at radius 3 is 2.26 bits per heavy atom. The van der Waals surface area contributed by atoms with Gasteiger partial charge in [0, 0.05) is 6.04 Å². The highest BCUT2D eigenvalue weighted by Gasteiger charge is 2.19. The first-order chi connectivity index (χ1) is 8.79. The number of aromatic amines is 1. The molecule has 0 aromatic carbocycles. The summed E-state index contributed by atoms with van der Waals surface area (Å²) in [7, 11) is 0. The van der Waals surface area contributed by atoms with Gasteiger partial charge in [-0.15, -0.1) is 0 Å². The monoisotopic (exact) mass is 286 g/mol. The zero-order valence-corrected chi connectivity index (χ0v) is 13.0. The van der Waals surface area contributed by atoms with Crippen LogP contribution in [-0.2, 0) is 0 Å². The van der Waals surface area contributed by atoms with E-state index >= 15 is 0 Å². The molecule has 0 bridgehead atoms. The Morgan fingerprint density at radius 2 is 1.79 bits per heavy atom. The van der Waals surface area contributed by atoms with Crippen LogP contribution in [0.3, 0.4) is 0 Å². The van der Waals surface area contributed by atoms with Crippen LogP contribution in [0.5, 0.6) is 0 Å². The Morgan fingerprint density at radius 1 is 1.21 bits per heavy atom. The van der Waals surface area contributed by atoms with E-state index in [-0.39, 0.29) is 22.7 Å². The predicted molar refractivity (Wildman–Crippen MR) is 79.2 cm³/mol. The van der Waals surface area contributed by atoms with Gasteiger partial charge in [-0.1, -0.05) is 45.7 Å². The third kappa shape index (κ3) is 3.50. The van der Waals surface area contributed by atoms with Gasteiger partial charge in [0.2, 0.25) is 0 Å². The van der Waals surface area contributed by atoms with E-state index in [4.69, 9.17) is 11.6 Å². The van der Waals surface area contributed by atoms with Crippen molar-refractivity contribution in [2.75, 3.05) is 0 Å². The van der Waals surface area contributed by atoms with Crippen molar-refractivity contribution in [2.24, 2.45) is 5.92 Å². The molecule has 1 aromatic heterocycles. The minimum Gasteiger partial charge on any atom is -0.297 e. The first kappa shape index (κ1) is 16.0. The van der Waals surface area contributed by atoms with E-state index in [2.05, 4.69) is 18.8 Å². The Balaban J connectivity index is 3.32. The lowest BCUT2D eigenvalue weighted by Crippen LogP contribution is -2.40. The van der Waals surface area contributed by atoms with Crippen LogP contribution < -0.4 is 11.2 Å². The zero-order valence-electron chi connectivity index (χ0n) is 12.3. The third-order valence-electron chi connectivity index (χ3n) is 3.58. The normalized spacial score (nSPS) is 14.7. The van der Waals surface area contributed by atoms with Gasteiger partial charge in [-0.2, -0.15) is 0 Å². The maximum atomic E-state index is 12.4. The van der Waals surface area contributed by atoms with Crippen LogP contribution in [0.4, 0.5) is 0 Å². The van der Waals surface area contributed by atoms with Crippen molar-refractivity contribution in [1.82, 2.24) is 9.55 Å². The standard InChI is InChI=1S/C14H23ClN2O2/c1-6-9(4)7-10(5)17-13(18)11(8(2)3)12(15)16-14(17)19/h8-10H,6-7H2,1-5H3,(H,16,19). The number of nitrogens with one attached hydrogen (secondary N) is 1. The van der Waals surface area contributed by atoms with Crippen LogP contribution in [0.15, 0.2) is 9.59 Å². The zero-order chi connectivity index (χ0) is 14.7. The summed E-state index contributed by atoms with van der Waals surface area (Å²) in [5, 5.41) is 0.164. The van der Waals surface area contributed by atoms with Gasteiger partial charge in [0.15, 0.2) is 0 Å². The summed E-state index contributed by atoms with van der Waals surface area (Å²) in [6, 6.07) is -0.124. The van der Waals surface area contributed by atoms with Gasteiger partial charge in [0.1, 0.15) is 5.15 Å². The van der Waals surface area contributed by atoms with Crippen LogP contribution in [-0.4, -0.2) is 9.55 Å². The molecule has 0 fully saturated rings. The third-order valence-corrected chi connectivity index (χ3v) is 3.88. The molecule has 1 rings (SSSR count). The van der Waals surface area contributed by atoms with E-state index in [1.54, 1.807) is 0 Å². The Bertz CT molecular complexity index is 545. The second-order valence-electron chi connectivity index (χ2n) is 5.59. The molecular formula is C14H23ClN2O2. The molecule has 2 atom stereocenters. The van der Waals surface area contributed by atoms with Crippen molar-refractivity contribution >= 4 is 11.6 Å². The minimum atomic E-state index is -0.421. The summed E-state index contributed by atoms with van der Waals surface area (Å²) in [6.07, 6.45) is 1.83. The van der Waals surface area contributed by atoms with Gasteiger partial charge in [-0.25, -0.2) is 4.79 Å². The summed E-state index contributed by atoms with van der Waals surface area (Å²) < 4.78 is 1.30. The molecule has 0 aliphatic carbocycles. The van der Waals surface area contributed by atoms with E-state index in [0.717, 1.165) is 12.8 Å². The molecule has 5 heteroatoms. The Kier molecular flexibility index (Phi) is 5.41. The molecule has 19 heavy (non-hydrogen) atoms. The molecule has 0 aliphatic heterocycles. The molecule has 0 aliphatic rings. The smallest absolute Gasteiger partial charge is 0.297 e. The first-order valence-corrected chi connectivity index (χ1v) is 7.21. The highest BCUT2D eigenvalue weighted by Crippen LogP contribution is 2.20. The van der Waals surface area contributed by atoms with Crippen LogP contribution in [0.25, 0.3) is 0 Å². The van der Waals surface area contributed by atoms with Crippen LogP contribution in [0, 0.1) is 5.92 Å². The molecule has 0 spiro atoms. The molecule has 4 nitrogen and oxygen atoms in total. The lowest BCUT2D eigenvalue weighted by atomic mass is 10.00. The van der Waals surface area contributed by atoms with E-state index in [1.165, 1.54) is 4.57 Å². The quantitative estimate of drug-likeness (QED) is 0.844. The van der Waals surface area contributed by atoms with Crippen molar-refractivity contribution < 1.29 is 0 Å². The number of halogens is 1. The van der Waals surface area contributed by atoms with E-state index in [1.807, 2.05) is 20.8 Å². The summed E-state index contributed by atoms with van der Waals surface area (Å²) in [5.41, 5.74) is -0.202. The molecule has 0 saturated carbocycles. The SMILES string of the molecule is CCC(C)CC(C)n1c(=O)[nH]c(Cl)c(C(C)C)c1=O. The van der Waals surface area contributed by atoms with E-state index in [9.17, 15) is 9.59 Å². The highest BCUT2D eigenvalue weighted by molar-refractivity contribution is 6.30. The highest BCUT2D eigenvalue weighted by atomic mass is 35.5. The number of rotatable bonds is 5. The average molecular weight is 287 g/mol. The molecule has 1 heterocycles. The number of H-pyrrole nitrogens is 1. The predicted octanol–water partition coefficient (Wildman–Crippen LogP) is 3.31. The minimum absolute atomic E-state index is 0.0149. The maximum Gasteiger partial charge on any atom is 0.329 e. The second kappa shape index (κ2) is 6.42. The van der Waals surface area contributed by atoms with Gasteiger partial charge < -0.3 is 0 Å². The van der Waals surface area contributed by atoms with Gasteiger partial charge in [-0.3, -0.25) is 14.3 Å². The fraction of sp³-hybridized carbons (Fsp3) is 0.714. The van der Waals surface area contributed by atoms with Crippen LogP contribution in [0.2, 0.25) is 5.15 Å². The summed E-state index contributed by atoms with van der Waals surface area (Å²) in [4.78, 5) is 27.0. The summed E-state index contributed by atoms with van der Waals surface area (Å²) in [6.45, 7) is 9.91. The van der Waals surface area contributed by atoms with Crippen molar-refractivity contribution in [3.63, 3.8) is 0 Å². The lowest BCUT2D eigenvalue weighted by Gasteiger charge is -2.19. The van der Waals surface area contributed by atoms with Gasteiger partial charge >= 0.3 is 5.69 Å². The second-order valence-corrected chi connectivity index (χ2v) is 5.96. The molecule has 2 unspecified atom stereocenters. The van der Waals surface area contributed by atoms with Crippen LogP contribution >= 0.6 is 11.6 Å². The topological polar surface area (TPSA) is 54.9 Å². The lowest BCUT2D eigenvalue weighted by molar-refractivity contribution is 0.379. The Labute approximate surface area is 118 Å². The Hall–Kier alpha value is -1.03. The maximum absolute atomic E-state index is 12.4. The van der Waals surface area contributed by atoms with Gasteiger partial charge in [0.25, 0.3) is 5.56 Å². The summed E-state index contributed by atoms with van der Waals surface area (Å²) in [5.74, 6) is 0.457. The number of aromatic nitrogens is 2. The van der Waals surface area contributed by atoms with E-state index < -0.39 is 5.69 Å². The van der Waals surface area contributed by atoms with Crippen LogP contribution in [0.1, 0.15) is 65.0 Å². The molecular weight excluding hydrogens is 264 g/mol. The van der Waals surface area contributed by atoms with Crippen molar-refractivity contribution in [3.8, 4) is 0 Å². The fourth-order valence-corrected chi connectivity index (χ4v) is 2.67. The molecule has 1 N–H and O–H groups in total. The number of hydrogen-bond donors (Lipinski definition) is 1. The van der Waals surface area contributed by atoms with Crippen molar-refractivity contribution in [2.45, 2.75) is 59.4 Å². The van der Waals surface area contributed by atoms with Gasteiger partial charge in [0.05, 0.1) is 5.56 Å². The van der Waals surface area contributed by atoms with Crippen molar-refractivity contribution in [1.29, 1.82) is 0 Å². The molecule has 0 radical (unpaired) electrons. The average Bonchev–Trinajstić information content (AvgIpc) is 2.26. The fourth-order valence-electron chi connectivity index (χ4n) is 2.29. The molecule has 108 valence electrons. The van der Waals surface area contributed by atoms with E-state index in [0.29, 0.717) is 11.5 Å². The molecule has 1 aromatic rings. The first-order valence-electron chi connectivity index (χ1n) is 6.83. The molecule has 0 saturated heterocycles. The largest absolute Gasteiger partial charge is 0.329 e.